The molecule has 0 saturated heterocycles. The topological polar surface area (TPSA) is 62.3 Å². The predicted octanol–water partition coefficient (Wildman–Crippen LogP) is 3.27. The molecule has 2 rings (SSSR count). The molecule has 3 N–H and O–H groups in total. The quantitative estimate of drug-likeness (QED) is 0.658. The van der Waals surface area contributed by atoms with Gasteiger partial charge in [-0.1, -0.05) is 23.7 Å². The lowest BCUT2D eigenvalue weighted by atomic mass is 10.1. The van der Waals surface area contributed by atoms with Crippen LogP contribution in [0.5, 0.6) is 5.75 Å². The molecule has 0 spiro atoms. The van der Waals surface area contributed by atoms with E-state index >= 15 is 0 Å². The van der Waals surface area contributed by atoms with E-state index < -0.39 is 0 Å². The molecule has 21 heavy (non-hydrogen) atoms. The van der Waals surface area contributed by atoms with Gasteiger partial charge in [0.15, 0.2) is 0 Å². The van der Waals surface area contributed by atoms with Crippen molar-refractivity contribution in [3.63, 3.8) is 0 Å². The summed E-state index contributed by atoms with van der Waals surface area (Å²) in [6.45, 7) is 0.665. The Hall–Kier alpha value is -2.20. The number of nitrogens with two attached hydrogens (primary N) is 1. The van der Waals surface area contributed by atoms with Gasteiger partial charge in [-0.2, -0.15) is 0 Å². The molecule has 0 aromatic heterocycles. The number of hydrogen-bond acceptors (Lipinski definition) is 3. The van der Waals surface area contributed by atoms with Crippen LogP contribution in [-0.4, -0.2) is 20.0 Å². The summed E-state index contributed by atoms with van der Waals surface area (Å²) in [5.41, 5.74) is 8.24. The van der Waals surface area contributed by atoms with Gasteiger partial charge >= 0.3 is 0 Å². The maximum absolute atomic E-state index is 7.67. The van der Waals surface area contributed by atoms with Gasteiger partial charge in [0.1, 0.15) is 11.6 Å². The van der Waals surface area contributed by atoms with Crippen LogP contribution in [0.2, 0.25) is 5.02 Å². The van der Waals surface area contributed by atoms with E-state index in [1.54, 1.807) is 19.2 Å². The number of benzene rings is 2. The van der Waals surface area contributed by atoms with E-state index in [-0.39, 0.29) is 5.84 Å². The maximum Gasteiger partial charge on any atom is 0.124 e. The molecule has 2 aromatic rings. The van der Waals surface area contributed by atoms with Crippen molar-refractivity contribution in [1.82, 2.24) is 0 Å². The van der Waals surface area contributed by atoms with Gasteiger partial charge < -0.3 is 15.4 Å². The average molecular weight is 304 g/mol. The SMILES string of the molecule is COc1cccc(CN(C)c2cc(Cl)ccc2C(=N)N)c1. The molecule has 0 radical (unpaired) electrons. The zero-order valence-corrected chi connectivity index (χ0v) is 12.8. The highest BCUT2D eigenvalue weighted by molar-refractivity contribution is 6.31. The first kappa shape index (κ1) is 15.2. The molecule has 0 amide bonds. The van der Waals surface area contributed by atoms with Gasteiger partial charge in [0.05, 0.1) is 7.11 Å². The van der Waals surface area contributed by atoms with Crippen LogP contribution >= 0.6 is 11.6 Å². The molecule has 2 aromatic carbocycles. The summed E-state index contributed by atoms with van der Waals surface area (Å²) in [4.78, 5) is 2.01. The smallest absolute Gasteiger partial charge is 0.124 e. The summed E-state index contributed by atoms with van der Waals surface area (Å²) in [7, 11) is 3.59. The monoisotopic (exact) mass is 303 g/mol. The Morgan fingerprint density at radius 1 is 1.29 bits per heavy atom. The molecular formula is C16H18ClN3O. The highest BCUT2D eigenvalue weighted by Gasteiger charge is 2.11. The van der Waals surface area contributed by atoms with Gasteiger partial charge in [-0.25, -0.2) is 0 Å². The highest BCUT2D eigenvalue weighted by Crippen LogP contribution is 2.25. The Bertz CT molecular complexity index is 658. The zero-order valence-electron chi connectivity index (χ0n) is 12.1. The second kappa shape index (κ2) is 6.50. The Kier molecular flexibility index (Phi) is 4.70. The number of nitrogen functional groups attached to an aromatic ring is 1. The molecule has 5 heteroatoms. The van der Waals surface area contributed by atoms with E-state index in [2.05, 4.69) is 0 Å². The number of ether oxygens (including phenoxy) is 1. The van der Waals surface area contributed by atoms with Crippen LogP contribution in [0, 0.1) is 5.41 Å². The lowest BCUT2D eigenvalue weighted by Gasteiger charge is -2.22. The fourth-order valence-electron chi connectivity index (χ4n) is 2.18. The number of anilines is 1. The van der Waals surface area contributed by atoms with Gasteiger partial charge in [-0.05, 0) is 35.9 Å². The predicted molar refractivity (Wildman–Crippen MR) is 87.6 cm³/mol. The molecule has 0 unspecified atom stereocenters. The molecule has 0 atom stereocenters. The van der Waals surface area contributed by atoms with Crippen molar-refractivity contribution in [3.05, 3.63) is 58.6 Å². The minimum atomic E-state index is 0.0270. The lowest BCUT2D eigenvalue weighted by molar-refractivity contribution is 0.414. The minimum Gasteiger partial charge on any atom is -0.497 e. The Labute approximate surface area is 129 Å². The maximum atomic E-state index is 7.67. The third-order valence-electron chi connectivity index (χ3n) is 3.22. The van der Waals surface area contributed by atoms with Crippen molar-refractivity contribution in [3.8, 4) is 5.75 Å². The van der Waals surface area contributed by atoms with Crippen molar-refractivity contribution in [2.75, 3.05) is 19.1 Å². The summed E-state index contributed by atoms with van der Waals surface area (Å²) in [6, 6.07) is 13.2. The van der Waals surface area contributed by atoms with E-state index in [1.807, 2.05) is 42.3 Å². The Morgan fingerprint density at radius 3 is 2.71 bits per heavy atom. The molecule has 0 aliphatic heterocycles. The van der Waals surface area contributed by atoms with Crippen molar-refractivity contribution >= 4 is 23.1 Å². The number of nitrogens with one attached hydrogen (secondary N) is 1. The Morgan fingerprint density at radius 2 is 2.05 bits per heavy atom. The molecule has 0 aliphatic rings. The molecule has 0 saturated carbocycles. The molecule has 0 fully saturated rings. The molecule has 4 nitrogen and oxygen atoms in total. The number of methoxy groups -OCH3 is 1. The van der Waals surface area contributed by atoms with Gasteiger partial charge in [0.25, 0.3) is 0 Å². The van der Waals surface area contributed by atoms with Crippen molar-refractivity contribution in [2.24, 2.45) is 5.73 Å². The van der Waals surface area contributed by atoms with Gasteiger partial charge in [0.2, 0.25) is 0 Å². The second-order valence-corrected chi connectivity index (χ2v) is 5.22. The number of amidine groups is 1. The Balaban J connectivity index is 2.29. The number of rotatable bonds is 5. The molecular weight excluding hydrogens is 286 g/mol. The van der Waals surface area contributed by atoms with Crippen molar-refractivity contribution < 1.29 is 4.74 Å². The van der Waals surface area contributed by atoms with Crippen molar-refractivity contribution in [2.45, 2.75) is 6.54 Å². The minimum absolute atomic E-state index is 0.0270. The number of nitrogens with zero attached hydrogens (tertiary/aromatic N) is 1. The molecule has 0 aliphatic carbocycles. The summed E-state index contributed by atoms with van der Waals surface area (Å²) in [5, 5.41) is 8.29. The second-order valence-electron chi connectivity index (χ2n) is 4.78. The van der Waals surface area contributed by atoms with E-state index in [9.17, 15) is 0 Å². The van der Waals surface area contributed by atoms with E-state index in [1.165, 1.54) is 0 Å². The van der Waals surface area contributed by atoms with Crippen LogP contribution in [-0.2, 0) is 6.54 Å². The van der Waals surface area contributed by atoms with E-state index in [0.717, 1.165) is 17.0 Å². The van der Waals surface area contributed by atoms with Crippen LogP contribution in [0.4, 0.5) is 5.69 Å². The molecule has 0 bridgehead atoms. The van der Waals surface area contributed by atoms with Crippen LogP contribution in [0.1, 0.15) is 11.1 Å². The first-order valence-corrected chi connectivity index (χ1v) is 6.87. The van der Waals surface area contributed by atoms with Crippen LogP contribution in [0.15, 0.2) is 42.5 Å². The third-order valence-corrected chi connectivity index (χ3v) is 3.45. The lowest BCUT2D eigenvalue weighted by Crippen LogP contribution is -2.22. The standard InChI is InChI=1S/C16H18ClN3O/c1-20(10-11-4-3-5-13(8-11)21-2)15-9-12(17)6-7-14(15)16(18)19/h3-9H,10H2,1-2H3,(H3,18,19). The first-order valence-electron chi connectivity index (χ1n) is 6.49. The highest BCUT2D eigenvalue weighted by atomic mass is 35.5. The fraction of sp³-hybridized carbons (Fsp3) is 0.188. The fourth-order valence-corrected chi connectivity index (χ4v) is 2.34. The summed E-state index contributed by atoms with van der Waals surface area (Å²) in [5.74, 6) is 0.845. The summed E-state index contributed by atoms with van der Waals surface area (Å²) in [6.07, 6.45) is 0. The largest absolute Gasteiger partial charge is 0.497 e. The van der Waals surface area contributed by atoms with E-state index in [0.29, 0.717) is 17.1 Å². The van der Waals surface area contributed by atoms with Gasteiger partial charge in [0, 0.05) is 29.9 Å². The normalized spacial score (nSPS) is 10.2. The van der Waals surface area contributed by atoms with Gasteiger partial charge in [-0.3, -0.25) is 5.41 Å². The summed E-state index contributed by atoms with van der Waals surface area (Å²) < 4.78 is 5.23. The summed E-state index contributed by atoms with van der Waals surface area (Å²) >= 11 is 6.06. The van der Waals surface area contributed by atoms with E-state index in [4.69, 9.17) is 27.5 Å². The van der Waals surface area contributed by atoms with Crippen LogP contribution in [0.25, 0.3) is 0 Å². The third kappa shape index (κ3) is 3.67. The zero-order chi connectivity index (χ0) is 15.4. The van der Waals surface area contributed by atoms with Crippen LogP contribution < -0.4 is 15.4 Å². The number of hydrogen-bond donors (Lipinski definition) is 2. The number of halogens is 1. The first-order chi connectivity index (χ1) is 10.0. The van der Waals surface area contributed by atoms with Gasteiger partial charge in [-0.15, -0.1) is 0 Å². The van der Waals surface area contributed by atoms with Crippen molar-refractivity contribution in [1.29, 1.82) is 5.41 Å². The van der Waals surface area contributed by atoms with Crippen LogP contribution in [0.3, 0.4) is 0 Å². The molecule has 110 valence electrons. The average Bonchev–Trinajstić information content (AvgIpc) is 2.47. The molecule has 0 heterocycles.